The van der Waals surface area contributed by atoms with Crippen LogP contribution in [0.1, 0.15) is 12.5 Å². The van der Waals surface area contributed by atoms with E-state index in [0.717, 1.165) is 6.54 Å². The largest absolute Gasteiger partial charge is 0.392 e. The summed E-state index contributed by atoms with van der Waals surface area (Å²) in [5, 5.41) is 8.88. The van der Waals surface area contributed by atoms with Gasteiger partial charge in [0, 0.05) is 24.2 Å². The fourth-order valence-corrected chi connectivity index (χ4v) is 1.51. The molecule has 0 radical (unpaired) electrons. The lowest BCUT2D eigenvalue weighted by Gasteiger charge is -2.14. The van der Waals surface area contributed by atoms with Crippen LogP contribution in [-0.4, -0.2) is 23.0 Å². The van der Waals surface area contributed by atoms with Crippen LogP contribution in [0.2, 0.25) is 0 Å². The van der Waals surface area contributed by atoms with Crippen LogP contribution < -0.4 is 4.72 Å². The Kier molecular flexibility index (Phi) is 4.87. The summed E-state index contributed by atoms with van der Waals surface area (Å²) in [5.41, 5.74) is 0.701. The number of rotatable bonds is 5. The number of aliphatic hydroxyl groups is 1. The average Bonchev–Trinajstić information content (AvgIpc) is 2.27. The molecular formula is C10H15FN2OS. The van der Waals surface area contributed by atoms with Gasteiger partial charge in [-0.05, 0) is 13.1 Å². The predicted molar refractivity (Wildman–Crippen MR) is 61.8 cm³/mol. The molecule has 0 aliphatic carbocycles. The van der Waals surface area contributed by atoms with Crippen molar-refractivity contribution in [2.75, 3.05) is 18.3 Å². The van der Waals surface area contributed by atoms with E-state index in [1.54, 1.807) is 18.2 Å². The Morgan fingerprint density at radius 1 is 1.53 bits per heavy atom. The van der Waals surface area contributed by atoms with Crippen molar-refractivity contribution < 1.29 is 9.50 Å². The summed E-state index contributed by atoms with van der Waals surface area (Å²) >= 11 is 1.32. The van der Waals surface area contributed by atoms with Crippen LogP contribution in [0.5, 0.6) is 0 Å². The molecule has 0 aliphatic rings. The van der Waals surface area contributed by atoms with E-state index in [1.165, 1.54) is 12.1 Å². The van der Waals surface area contributed by atoms with Crippen LogP contribution in [0.4, 0.5) is 10.1 Å². The second kappa shape index (κ2) is 5.95. The fraction of sp³-hybridized carbons (Fsp3) is 0.400. The number of halogens is 1. The molecule has 15 heavy (non-hydrogen) atoms. The molecule has 0 heterocycles. The first-order chi connectivity index (χ1) is 7.19. The van der Waals surface area contributed by atoms with E-state index in [-0.39, 0.29) is 6.61 Å². The van der Waals surface area contributed by atoms with E-state index >= 15 is 0 Å². The first-order valence-corrected chi connectivity index (χ1v) is 5.48. The van der Waals surface area contributed by atoms with Gasteiger partial charge in [-0.25, -0.2) is 8.70 Å². The molecule has 0 unspecified atom stereocenters. The Hall–Kier alpha value is -0.780. The summed E-state index contributed by atoms with van der Waals surface area (Å²) in [7, 11) is 1.91. The molecule has 0 fully saturated rings. The summed E-state index contributed by atoms with van der Waals surface area (Å²) in [6.07, 6.45) is 0. The summed E-state index contributed by atoms with van der Waals surface area (Å²) in [4.78, 5) is 0. The predicted octanol–water partition coefficient (Wildman–Crippen LogP) is 2.24. The molecule has 0 atom stereocenters. The zero-order valence-corrected chi connectivity index (χ0v) is 9.64. The highest BCUT2D eigenvalue weighted by molar-refractivity contribution is 7.98. The number of hydrogen-bond acceptors (Lipinski definition) is 4. The summed E-state index contributed by atoms with van der Waals surface area (Å²) in [5.74, 6) is -0.392. The quantitative estimate of drug-likeness (QED) is 0.760. The van der Waals surface area contributed by atoms with Crippen LogP contribution in [0.15, 0.2) is 18.2 Å². The van der Waals surface area contributed by atoms with E-state index in [9.17, 15) is 4.39 Å². The second-order valence-corrected chi connectivity index (χ2v) is 4.08. The first-order valence-electron chi connectivity index (χ1n) is 4.71. The SMILES string of the molecule is CCN(C)SNc1cccc(CO)c1F. The van der Waals surface area contributed by atoms with Crippen molar-refractivity contribution in [1.29, 1.82) is 0 Å². The Morgan fingerprint density at radius 3 is 2.87 bits per heavy atom. The van der Waals surface area contributed by atoms with Crippen molar-refractivity contribution in [3.63, 3.8) is 0 Å². The number of hydrogen-bond donors (Lipinski definition) is 2. The summed E-state index contributed by atoms with van der Waals surface area (Å²) in [6.45, 7) is 2.59. The lowest BCUT2D eigenvalue weighted by Crippen LogP contribution is -2.11. The van der Waals surface area contributed by atoms with Crippen molar-refractivity contribution in [3.05, 3.63) is 29.6 Å². The third-order valence-corrected chi connectivity index (χ3v) is 2.89. The Bertz CT molecular complexity index is 322. The monoisotopic (exact) mass is 230 g/mol. The van der Waals surface area contributed by atoms with Crippen molar-refractivity contribution >= 4 is 17.8 Å². The van der Waals surface area contributed by atoms with Gasteiger partial charge in [0.1, 0.15) is 0 Å². The average molecular weight is 230 g/mol. The zero-order valence-electron chi connectivity index (χ0n) is 8.83. The van der Waals surface area contributed by atoms with Crippen LogP contribution in [-0.2, 0) is 6.61 Å². The molecule has 1 rings (SSSR count). The van der Waals surface area contributed by atoms with Crippen molar-refractivity contribution in [3.8, 4) is 0 Å². The molecule has 3 nitrogen and oxygen atoms in total. The molecule has 0 spiro atoms. The highest BCUT2D eigenvalue weighted by Crippen LogP contribution is 2.21. The van der Waals surface area contributed by atoms with Crippen molar-refractivity contribution in [2.45, 2.75) is 13.5 Å². The first kappa shape index (κ1) is 12.3. The van der Waals surface area contributed by atoms with Gasteiger partial charge in [0.15, 0.2) is 5.82 Å². The number of nitrogens with zero attached hydrogens (tertiary/aromatic N) is 1. The van der Waals surface area contributed by atoms with E-state index < -0.39 is 5.82 Å². The van der Waals surface area contributed by atoms with E-state index in [1.807, 2.05) is 18.3 Å². The van der Waals surface area contributed by atoms with Gasteiger partial charge in [-0.2, -0.15) is 0 Å². The molecule has 0 saturated carbocycles. The van der Waals surface area contributed by atoms with Gasteiger partial charge in [-0.1, -0.05) is 19.1 Å². The molecule has 0 bridgehead atoms. The van der Waals surface area contributed by atoms with Crippen LogP contribution >= 0.6 is 12.1 Å². The maximum atomic E-state index is 13.6. The standard InChI is InChI=1S/C10H15FN2OS/c1-3-13(2)15-12-9-6-4-5-8(7-14)10(9)11/h4-6,12,14H,3,7H2,1-2H3. The minimum Gasteiger partial charge on any atom is -0.392 e. The molecule has 0 saturated heterocycles. The third kappa shape index (κ3) is 3.37. The summed E-state index contributed by atoms with van der Waals surface area (Å²) in [6, 6.07) is 4.92. The third-order valence-electron chi connectivity index (χ3n) is 2.01. The van der Waals surface area contributed by atoms with Gasteiger partial charge in [0.25, 0.3) is 0 Å². The number of anilines is 1. The molecule has 0 aromatic heterocycles. The van der Waals surface area contributed by atoms with Gasteiger partial charge < -0.3 is 9.83 Å². The van der Waals surface area contributed by atoms with E-state index in [0.29, 0.717) is 11.3 Å². The van der Waals surface area contributed by atoms with Crippen LogP contribution in [0.25, 0.3) is 0 Å². The van der Waals surface area contributed by atoms with Crippen LogP contribution in [0, 0.1) is 5.82 Å². The molecule has 2 N–H and O–H groups in total. The van der Waals surface area contributed by atoms with Gasteiger partial charge in [-0.15, -0.1) is 0 Å². The van der Waals surface area contributed by atoms with Crippen molar-refractivity contribution in [2.24, 2.45) is 0 Å². The van der Waals surface area contributed by atoms with E-state index in [2.05, 4.69) is 4.72 Å². The fourth-order valence-electron chi connectivity index (χ4n) is 0.972. The zero-order chi connectivity index (χ0) is 11.3. The minimum atomic E-state index is -0.392. The molecule has 1 aromatic carbocycles. The molecule has 84 valence electrons. The number of nitrogens with one attached hydrogen (secondary N) is 1. The molecular weight excluding hydrogens is 215 g/mol. The van der Waals surface area contributed by atoms with E-state index in [4.69, 9.17) is 5.11 Å². The highest BCUT2D eigenvalue weighted by atomic mass is 32.2. The minimum absolute atomic E-state index is 0.282. The van der Waals surface area contributed by atoms with Gasteiger partial charge >= 0.3 is 0 Å². The maximum absolute atomic E-state index is 13.6. The van der Waals surface area contributed by atoms with Gasteiger partial charge in [-0.3, -0.25) is 0 Å². The highest BCUT2D eigenvalue weighted by Gasteiger charge is 2.07. The molecule has 0 amide bonds. The lowest BCUT2D eigenvalue weighted by molar-refractivity contribution is 0.276. The Balaban J connectivity index is 2.68. The second-order valence-electron chi connectivity index (χ2n) is 3.07. The number of aliphatic hydroxyl groups excluding tert-OH is 1. The molecule has 1 aromatic rings. The Labute approximate surface area is 93.6 Å². The lowest BCUT2D eigenvalue weighted by atomic mass is 10.2. The van der Waals surface area contributed by atoms with Crippen molar-refractivity contribution in [1.82, 2.24) is 4.31 Å². The van der Waals surface area contributed by atoms with Gasteiger partial charge in [0.2, 0.25) is 0 Å². The molecule has 0 aliphatic heterocycles. The van der Waals surface area contributed by atoms with Crippen LogP contribution in [0.3, 0.4) is 0 Å². The summed E-state index contributed by atoms with van der Waals surface area (Å²) < 4.78 is 18.4. The topological polar surface area (TPSA) is 35.5 Å². The maximum Gasteiger partial charge on any atom is 0.152 e. The Morgan fingerprint density at radius 2 is 2.27 bits per heavy atom. The number of benzene rings is 1. The van der Waals surface area contributed by atoms with Gasteiger partial charge in [0.05, 0.1) is 12.3 Å². The normalized spacial score (nSPS) is 10.7. The smallest absolute Gasteiger partial charge is 0.152 e. The molecule has 5 heteroatoms.